The summed E-state index contributed by atoms with van der Waals surface area (Å²) in [6.07, 6.45) is -2.03. The molecule has 1 aromatic rings. The molecule has 116 valence electrons. The van der Waals surface area contributed by atoms with Gasteiger partial charge in [0.2, 0.25) is 0 Å². The van der Waals surface area contributed by atoms with Crippen LogP contribution in [-0.2, 0) is 6.18 Å². The monoisotopic (exact) mass is 301 g/mol. The number of pyridine rings is 1. The van der Waals surface area contributed by atoms with E-state index in [-0.39, 0.29) is 17.6 Å². The Morgan fingerprint density at radius 1 is 1.38 bits per heavy atom. The van der Waals surface area contributed by atoms with E-state index in [1.54, 1.807) is 4.90 Å². The maximum Gasteiger partial charge on any atom is 0.417 e. The van der Waals surface area contributed by atoms with Crippen molar-refractivity contribution >= 4 is 5.91 Å². The van der Waals surface area contributed by atoms with Gasteiger partial charge in [-0.25, -0.2) is 0 Å². The van der Waals surface area contributed by atoms with Gasteiger partial charge in [-0.2, -0.15) is 13.2 Å². The van der Waals surface area contributed by atoms with Crippen molar-refractivity contribution < 1.29 is 18.0 Å². The molecule has 1 aromatic heterocycles. The first kappa shape index (κ1) is 15.8. The standard InChI is InChI=1S/C14H18F3N3O/c1-2-20(11-5-7-18-8-6-11)13(21)12-4-3-10(9-19-12)14(15,16)17/h3-4,9,11,18H,2,5-8H2,1H3. The molecule has 0 aromatic carbocycles. The van der Waals surface area contributed by atoms with E-state index in [1.165, 1.54) is 0 Å². The SMILES string of the molecule is CCN(C(=O)c1ccc(C(F)(F)F)cn1)C1CCNCC1. The van der Waals surface area contributed by atoms with Crippen LogP contribution in [0.4, 0.5) is 13.2 Å². The Bertz CT molecular complexity index is 481. The Morgan fingerprint density at radius 2 is 2.05 bits per heavy atom. The number of alkyl halides is 3. The van der Waals surface area contributed by atoms with Gasteiger partial charge in [0.1, 0.15) is 5.69 Å². The van der Waals surface area contributed by atoms with Crippen molar-refractivity contribution in [3.63, 3.8) is 0 Å². The highest BCUT2D eigenvalue weighted by Crippen LogP contribution is 2.28. The minimum atomic E-state index is -4.44. The Balaban J connectivity index is 2.13. The molecule has 1 fully saturated rings. The molecule has 0 radical (unpaired) electrons. The van der Waals surface area contributed by atoms with E-state index in [4.69, 9.17) is 0 Å². The van der Waals surface area contributed by atoms with Crippen LogP contribution in [0.2, 0.25) is 0 Å². The fraction of sp³-hybridized carbons (Fsp3) is 0.571. The molecule has 0 atom stereocenters. The lowest BCUT2D eigenvalue weighted by Crippen LogP contribution is -2.46. The molecule has 1 N–H and O–H groups in total. The summed E-state index contributed by atoms with van der Waals surface area (Å²) < 4.78 is 37.5. The summed E-state index contributed by atoms with van der Waals surface area (Å²) in [4.78, 5) is 17.8. The van der Waals surface area contributed by atoms with Crippen LogP contribution in [0.1, 0.15) is 35.8 Å². The molecule has 0 aliphatic carbocycles. The Morgan fingerprint density at radius 3 is 2.52 bits per heavy atom. The average molecular weight is 301 g/mol. The Kier molecular flexibility index (Phi) is 4.82. The van der Waals surface area contributed by atoms with Gasteiger partial charge in [0.15, 0.2) is 0 Å². The zero-order valence-electron chi connectivity index (χ0n) is 11.8. The lowest BCUT2D eigenvalue weighted by molar-refractivity contribution is -0.137. The van der Waals surface area contributed by atoms with Crippen molar-refractivity contribution in [1.29, 1.82) is 0 Å². The van der Waals surface area contributed by atoms with E-state index < -0.39 is 11.7 Å². The van der Waals surface area contributed by atoms with Crippen molar-refractivity contribution in [2.24, 2.45) is 0 Å². The van der Waals surface area contributed by atoms with E-state index >= 15 is 0 Å². The molecular formula is C14H18F3N3O. The van der Waals surface area contributed by atoms with Gasteiger partial charge >= 0.3 is 6.18 Å². The zero-order chi connectivity index (χ0) is 15.5. The lowest BCUT2D eigenvalue weighted by Gasteiger charge is -2.33. The molecule has 0 spiro atoms. The number of piperidine rings is 1. The van der Waals surface area contributed by atoms with Gasteiger partial charge in [-0.3, -0.25) is 9.78 Å². The summed E-state index contributed by atoms with van der Waals surface area (Å²) in [6.45, 7) is 4.07. The summed E-state index contributed by atoms with van der Waals surface area (Å²) in [7, 11) is 0. The summed E-state index contributed by atoms with van der Waals surface area (Å²) in [6, 6.07) is 2.17. The quantitative estimate of drug-likeness (QED) is 0.932. The molecule has 21 heavy (non-hydrogen) atoms. The molecule has 1 saturated heterocycles. The van der Waals surface area contributed by atoms with Crippen LogP contribution in [-0.4, -0.2) is 41.5 Å². The van der Waals surface area contributed by atoms with Crippen molar-refractivity contribution in [3.05, 3.63) is 29.6 Å². The number of hydrogen-bond donors (Lipinski definition) is 1. The number of rotatable bonds is 3. The van der Waals surface area contributed by atoms with Crippen LogP contribution >= 0.6 is 0 Å². The first-order chi connectivity index (χ1) is 9.93. The fourth-order valence-electron chi connectivity index (χ4n) is 2.52. The van der Waals surface area contributed by atoms with Gasteiger partial charge in [0.05, 0.1) is 5.56 Å². The van der Waals surface area contributed by atoms with Crippen molar-refractivity contribution in [2.75, 3.05) is 19.6 Å². The van der Waals surface area contributed by atoms with Crippen LogP contribution in [0.5, 0.6) is 0 Å². The minimum Gasteiger partial charge on any atom is -0.335 e. The molecule has 2 rings (SSSR count). The Labute approximate surface area is 121 Å². The summed E-state index contributed by atoms with van der Waals surface area (Å²) in [5, 5.41) is 3.22. The highest BCUT2D eigenvalue weighted by atomic mass is 19.4. The van der Waals surface area contributed by atoms with Gasteiger partial charge in [0.25, 0.3) is 5.91 Å². The molecular weight excluding hydrogens is 283 g/mol. The number of carbonyl (C=O) groups excluding carboxylic acids is 1. The van der Waals surface area contributed by atoms with E-state index in [0.717, 1.165) is 38.1 Å². The molecule has 1 aliphatic heterocycles. The number of hydrogen-bond acceptors (Lipinski definition) is 3. The van der Waals surface area contributed by atoms with E-state index in [1.807, 2.05) is 6.92 Å². The molecule has 0 saturated carbocycles. The molecule has 1 aliphatic rings. The Hall–Kier alpha value is -1.63. The molecule has 4 nitrogen and oxygen atoms in total. The van der Waals surface area contributed by atoms with Crippen LogP contribution in [0.15, 0.2) is 18.3 Å². The second-order valence-corrected chi connectivity index (χ2v) is 5.00. The van der Waals surface area contributed by atoms with Gasteiger partial charge in [-0.1, -0.05) is 0 Å². The van der Waals surface area contributed by atoms with Crippen LogP contribution in [0, 0.1) is 0 Å². The topological polar surface area (TPSA) is 45.2 Å². The second-order valence-electron chi connectivity index (χ2n) is 5.00. The van der Waals surface area contributed by atoms with Crippen molar-refractivity contribution in [1.82, 2.24) is 15.2 Å². The van der Waals surface area contributed by atoms with Gasteiger partial charge in [-0.05, 0) is 45.0 Å². The second kappa shape index (κ2) is 6.43. The zero-order valence-corrected chi connectivity index (χ0v) is 11.8. The normalized spacial score (nSPS) is 16.8. The molecule has 7 heteroatoms. The van der Waals surface area contributed by atoms with Crippen molar-refractivity contribution in [3.8, 4) is 0 Å². The van der Waals surface area contributed by atoms with Crippen molar-refractivity contribution in [2.45, 2.75) is 32.0 Å². The third-order valence-electron chi connectivity index (χ3n) is 3.66. The first-order valence-corrected chi connectivity index (χ1v) is 6.98. The number of carbonyl (C=O) groups is 1. The average Bonchev–Trinajstić information content (AvgIpc) is 2.48. The van der Waals surface area contributed by atoms with Crippen LogP contribution in [0.3, 0.4) is 0 Å². The number of nitrogens with zero attached hydrogens (tertiary/aromatic N) is 2. The molecule has 0 bridgehead atoms. The molecule has 2 heterocycles. The smallest absolute Gasteiger partial charge is 0.335 e. The predicted octanol–water partition coefficient (Wildman–Crippen LogP) is 2.31. The first-order valence-electron chi connectivity index (χ1n) is 6.98. The van der Waals surface area contributed by atoms with E-state index in [2.05, 4.69) is 10.3 Å². The third kappa shape index (κ3) is 3.72. The number of nitrogens with one attached hydrogen (secondary N) is 1. The summed E-state index contributed by atoms with van der Waals surface area (Å²) >= 11 is 0. The number of aromatic nitrogens is 1. The third-order valence-corrected chi connectivity index (χ3v) is 3.66. The van der Waals surface area contributed by atoms with E-state index in [9.17, 15) is 18.0 Å². The summed E-state index contributed by atoms with van der Waals surface area (Å²) in [5.74, 6) is -0.307. The van der Waals surface area contributed by atoms with E-state index in [0.29, 0.717) is 12.7 Å². The minimum absolute atomic E-state index is 0.0587. The maximum atomic E-state index is 12.5. The van der Waals surface area contributed by atoms with Gasteiger partial charge < -0.3 is 10.2 Å². The summed E-state index contributed by atoms with van der Waals surface area (Å²) in [5.41, 5.74) is -0.785. The predicted molar refractivity (Wildman–Crippen MR) is 71.8 cm³/mol. The largest absolute Gasteiger partial charge is 0.417 e. The maximum absolute atomic E-state index is 12.5. The molecule has 1 amide bonds. The lowest BCUT2D eigenvalue weighted by atomic mass is 10.0. The fourth-order valence-corrected chi connectivity index (χ4v) is 2.52. The van der Waals surface area contributed by atoms with Crippen LogP contribution in [0.25, 0.3) is 0 Å². The number of amides is 1. The highest BCUT2D eigenvalue weighted by Gasteiger charge is 2.31. The highest BCUT2D eigenvalue weighted by molar-refractivity contribution is 5.92. The molecule has 0 unspecified atom stereocenters. The van der Waals surface area contributed by atoms with Gasteiger partial charge in [-0.15, -0.1) is 0 Å². The van der Waals surface area contributed by atoms with Crippen LogP contribution < -0.4 is 5.32 Å². The number of halogens is 3. The van der Waals surface area contributed by atoms with Gasteiger partial charge in [0, 0.05) is 18.8 Å².